The molecule has 2 aromatic rings. The van der Waals surface area contributed by atoms with Gasteiger partial charge in [0.25, 0.3) is 5.69 Å². The summed E-state index contributed by atoms with van der Waals surface area (Å²) in [5.74, 6) is -0.318. The van der Waals surface area contributed by atoms with Crippen molar-refractivity contribution in [3.63, 3.8) is 0 Å². The van der Waals surface area contributed by atoms with E-state index in [9.17, 15) is 14.5 Å². The molecule has 0 bridgehead atoms. The minimum Gasteiger partial charge on any atom is -0.381 e. The smallest absolute Gasteiger partial charge is 0.274 e. The van der Waals surface area contributed by atoms with E-state index in [1.165, 1.54) is 18.2 Å². The molecule has 0 unspecified atom stereocenters. The molecule has 0 amide bonds. The van der Waals surface area contributed by atoms with Gasteiger partial charge in [0, 0.05) is 28.3 Å². The quantitative estimate of drug-likeness (QED) is 0.639. The Labute approximate surface area is 130 Å². The largest absolute Gasteiger partial charge is 0.381 e. The van der Waals surface area contributed by atoms with E-state index < -0.39 is 4.92 Å². The molecule has 0 atom stereocenters. The van der Waals surface area contributed by atoms with Crippen molar-refractivity contribution < 1.29 is 9.31 Å². The van der Waals surface area contributed by atoms with Crippen LogP contribution in [-0.4, -0.2) is 4.92 Å². The van der Waals surface area contributed by atoms with Gasteiger partial charge in [-0.05, 0) is 49.2 Å². The molecule has 0 aromatic heterocycles. The normalized spacial score (nSPS) is 10.5. The van der Waals surface area contributed by atoms with E-state index in [1.807, 2.05) is 6.92 Å². The highest BCUT2D eigenvalue weighted by Gasteiger charge is 2.13. The van der Waals surface area contributed by atoms with E-state index >= 15 is 0 Å². The number of anilines is 1. The third-order valence-electron chi connectivity index (χ3n) is 3.22. The first-order valence-corrected chi connectivity index (χ1v) is 7.11. The van der Waals surface area contributed by atoms with Gasteiger partial charge in [0.15, 0.2) is 0 Å². The fraction of sp³-hybridized carbons (Fsp3) is 0.200. The zero-order valence-corrected chi connectivity index (χ0v) is 13.2. The summed E-state index contributed by atoms with van der Waals surface area (Å²) in [5.41, 5.74) is 3.02. The second-order valence-corrected chi connectivity index (χ2v) is 5.65. The number of benzene rings is 2. The lowest BCUT2D eigenvalue weighted by Crippen LogP contribution is -2.04. The number of nitrogens with one attached hydrogen (secondary N) is 1. The summed E-state index contributed by atoms with van der Waals surface area (Å²) in [6, 6.07) is 7.71. The number of rotatable bonds is 4. The predicted octanol–water partition coefficient (Wildman–Crippen LogP) is 4.73. The Bertz CT molecular complexity index is 704. The Hall–Kier alpha value is -1.95. The summed E-state index contributed by atoms with van der Waals surface area (Å²) in [7, 11) is 0. The SMILES string of the molecule is Cc1cc(C)c([N+](=O)[O-])cc1NCc1cc(F)ccc1Br. The van der Waals surface area contributed by atoms with Crippen molar-refractivity contribution in [1.29, 1.82) is 0 Å². The van der Waals surface area contributed by atoms with Gasteiger partial charge in [0.2, 0.25) is 0 Å². The van der Waals surface area contributed by atoms with E-state index in [4.69, 9.17) is 0 Å². The number of nitro benzene ring substituents is 1. The number of hydrogen-bond donors (Lipinski definition) is 1. The third kappa shape index (κ3) is 3.58. The van der Waals surface area contributed by atoms with Crippen LogP contribution in [0.2, 0.25) is 0 Å². The summed E-state index contributed by atoms with van der Waals surface area (Å²) in [5, 5.41) is 14.1. The lowest BCUT2D eigenvalue weighted by atomic mass is 10.1. The number of nitrogens with zero attached hydrogens (tertiary/aromatic N) is 1. The third-order valence-corrected chi connectivity index (χ3v) is 3.99. The molecule has 2 rings (SSSR count). The Kier molecular flexibility index (Phi) is 4.57. The van der Waals surface area contributed by atoms with Crippen LogP contribution in [0, 0.1) is 29.8 Å². The van der Waals surface area contributed by atoms with Crippen molar-refractivity contribution in [2.24, 2.45) is 0 Å². The molecular formula is C15H14BrFN2O2. The average molecular weight is 353 g/mol. The fourth-order valence-corrected chi connectivity index (χ4v) is 2.48. The van der Waals surface area contributed by atoms with Gasteiger partial charge in [-0.1, -0.05) is 15.9 Å². The molecule has 0 aliphatic carbocycles. The maximum Gasteiger partial charge on any atom is 0.274 e. The van der Waals surface area contributed by atoms with Crippen molar-refractivity contribution in [2.45, 2.75) is 20.4 Å². The van der Waals surface area contributed by atoms with E-state index in [2.05, 4.69) is 21.2 Å². The molecule has 0 spiro atoms. The maximum atomic E-state index is 13.2. The van der Waals surface area contributed by atoms with Gasteiger partial charge in [0.1, 0.15) is 5.82 Å². The number of halogens is 2. The van der Waals surface area contributed by atoms with Crippen molar-refractivity contribution in [3.8, 4) is 0 Å². The number of hydrogen-bond acceptors (Lipinski definition) is 3. The second kappa shape index (κ2) is 6.22. The summed E-state index contributed by atoms with van der Waals surface area (Å²) >= 11 is 3.36. The lowest BCUT2D eigenvalue weighted by Gasteiger charge is -2.12. The van der Waals surface area contributed by atoms with Crippen LogP contribution in [0.3, 0.4) is 0 Å². The molecule has 21 heavy (non-hydrogen) atoms. The van der Waals surface area contributed by atoms with Crippen LogP contribution in [0.1, 0.15) is 16.7 Å². The minimum absolute atomic E-state index is 0.0707. The average Bonchev–Trinajstić information content (AvgIpc) is 2.41. The summed E-state index contributed by atoms with van der Waals surface area (Å²) in [6.07, 6.45) is 0. The Morgan fingerprint density at radius 2 is 1.95 bits per heavy atom. The molecule has 110 valence electrons. The van der Waals surface area contributed by atoms with Gasteiger partial charge in [-0.2, -0.15) is 0 Å². The Morgan fingerprint density at radius 1 is 1.24 bits per heavy atom. The summed E-state index contributed by atoms with van der Waals surface area (Å²) < 4.78 is 14.0. The Morgan fingerprint density at radius 3 is 2.62 bits per heavy atom. The first kappa shape index (κ1) is 15.4. The molecule has 6 heteroatoms. The van der Waals surface area contributed by atoms with Gasteiger partial charge < -0.3 is 5.32 Å². The van der Waals surface area contributed by atoms with Gasteiger partial charge in [0.05, 0.1) is 4.92 Å². The van der Waals surface area contributed by atoms with E-state index in [0.717, 1.165) is 15.6 Å². The standard InChI is InChI=1S/C15H14BrFN2O2/c1-9-5-10(2)15(19(20)21)7-14(9)18-8-11-6-12(17)3-4-13(11)16/h3-7,18H,8H2,1-2H3. The molecule has 0 heterocycles. The van der Waals surface area contributed by atoms with Gasteiger partial charge >= 0.3 is 0 Å². The molecule has 2 aromatic carbocycles. The van der Waals surface area contributed by atoms with Crippen LogP contribution < -0.4 is 5.32 Å². The second-order valence-electron chi connectivity index (χ2n) is 4.80. The Balaban J connectivity index is 2.25. The van der Waals surface area contributed by atoms with Crippen LogP contribution in [0.5, 0.6) is 0 Å². The number of nitro groups is 1. The highest BCUT2D eigenvalue weighted by Crippen LogP contribution is 2.27. The van der Waals surface area contributed by atoms with Crippen LogP contribution in [0.4, 0.5) is 15.8 Å². The zero-order chi connectivity index (χ0) is 15.6. The first-order chi connectivity index (χ1) is 9.88. The highest BCUT2D eigenvalue weighted by atomic mass is 79.9. The van der Waals surface area contributed by atoms with Crippen LogP contribution >= 0.6 is 15.9 Å². The molecule has 0 saturated carbocycles. The fourth-order valence-electron chi connectivity index (χ4n) is 2.10. The predicted molar refractivity (Wildman–Crippen MR) is 84.0 cm³/mol. The van der Waals surface area contributed by atoms with Crippen LogP contribution in [0.15, 0.2) is 34.8 Å². The highest BCUT2D eigenvalue weighted by molar-refractivity contribution is 9.10. The monoisotopic (exact) mass is 352 g/mol. The van der Waals surface area contributed by atoms with Crippen molar-refractivity contribution in [1.82, 2.24) is 0 Å². The van der Waals surface area contributed by atoms with E-state index in [0.29, 0.717) is 17.8 Å². The molecule has 0 saturated heterocycles. The molecule has 1 N–H and O–H groups in total. The summed E-state index contributed by atoms with van der Waals surface area (Å²) in [4.78, 5) is 10.6. The first-order valence-electron chi connectivity index (χ1n) is 6.32. The van der Waals surface area contributed by atoms with E-state index in [-0.39, 0.29) is 11.5 Å². The number of aryl methyl sites for hydroxylation is 2. The molecule has 0 aliphatic heterocycles. The van der Waals surface area contributed by atoms with Crippen molar-refractivity contribution >= 4 is 27.3 Å². The topological polar surface area (TPSA) is 55.2 Å². The van der Waals surface area contributed by atoms with Gasteiger partial charge in [-0.25, -0.2) is 4.39 Å². The minimum atomic E-state index is -0.405. The van der Waals surface area contributed by atoms with Crippen LogP contribution in [-0.2, 0) is 6.54 Å². The molecule has 0 aliphatic rings. The summed E-state index contributed by atoms with van der Waals surface area (Å²) in [6.45, 7) is 3.96. The zero-order valence-electron chi connectivity index (χ0n) is 11.6. The van der Waals surface area contributed by atoms with Crippen LogP contribution in [0.25, 0.3) is 0 Å². The molecule has 0 fully saturated rings. The van der Waals surface area contributed by atoms with Gasteiger partial charge in [-0.15, -0.1) is 0 Å². The molecular weight excluding hydrogens is 339 g/mol. The maximum absolute atomic E-state index is 13.2. The lowest BCUT2D eigenvalue weighted by molar-refractivity contribution is -0.385. The van der Waals surface area contributed by atoms with Gasteiger partial charge in [-0.3, -0.25) is 10.1 Å². The van der Waals surface area contributed by atoms with Crippen molar-refractivity contribution in [2.75, 3.05) is 5.32 Å². The van der Waals surface area contributed by atoms with E-state index in [1.54, 1.807) is 19.1 Å². The van der Waals surface area contributed by atoms with Crippen molar-refractivity contribution in [3.05, 3.63) is 67.4 Å². The molecule has 4 nitrogen and oxygen atoms in total. The molecule has 0 radical (unpaired) electrons.